The van der Waals surface area contributed by atoms with Gasteiger partial charge in [0, 0.05) is 11.7 Å². The molecule has 0 unspecified atom stereocenters. The number of nitrogens with one attached hydrogen (secondary N) is 1. The van der Waals surface area contributed by atoms with Crippen LogP contribution in [0.25, 0.3) is 0 Å². The summed E-state index contributed by atoms with van der Waals surface area (Å²) in [4.78, 5) is -0.465. The quantitative estimate of drug-likeness (QED) is 0.734. The molecule has 2 rings (SSSR count). The summed E-state index contributed by atoms with van der Waals surface area (Å²) in [7, 11) is -4.03. The molecule has 0 radical (unpaired) electrons. The summed E-state index contributed by atoms with van der Waals surface area (Å²) in [6.07, 6.45) is 2.06. The third-order valence-electron chi connectivity index (χ3n) is 3.57. The lowest BCUT2D eigenvalue weighted by molar-refractivity contribution is 0.101. The van der Waals surface area contributed by atoms with Crippen molar-refractivity contribution in [1.82, 2.24) is 4.72 Å². The molecule has 0 saturated heterocycles. The molecule has 5 nitrogen and oxygen atoms in total. The summed E-state index contributed by atoms with van der Waals surface area (Å²) in [6, 6.07) is 1.90. The van der Waals surface area contributed by atoms with Crippen molar-refractivity contribution in [2.45, 2.75) is 49.6 Å². The summed E-state index contributed by atoms with van der Waals surface area (Å²) in [5, 5.41) is 9.81. The highest BCUT2D eigenvalue weighted by Crippen LogP contribution is 2.24. The molecule has 112 valence electrons. The molecule has 0 aromatic heterocycles. The molecule has 1 aliphatic carbocycles. The van der Waals surface area contributed by atoms with Gasteiger partial charge in [0.2, 0.25) is 10.0 Å². The first-order chi connectivity index (χ1) is 9.31. The van der Waals surface area contributed by atoms with Crippen molar-refractivity contribution in [3.63, 3.8) is 0 Å². The number of nitrogen functional groups attached to an aromatic ring is 1. The number of aliphatic hydroxyl groups is 1. The van der Waals surface area contributed by atoms with E-state index in [1.165, 1.54) is 13.0 Å². The highest BCUT2D eigenvalue weighted by Gasteiger charge is 2.30. The zero-order valence-corrected chi connectivity index (χ0v) is 12.1. The standard InChI is InChI=1S/C13H19FN2O3S/c1-8-6-9(15)7-12(13(8)14)20(18,19)16-10-4-2-3-5-11(10)17/h6-7,10-11,16-17H,2-5,15H2,1H3/t10-,11-/m0/s1. The van der Waals surface area contributed by atoms with Gasteiger partial charge in [-0.15, -0.1) is 0 Å². The maximum atomic E-state index is 14.0. The molecule has 2 atom stereocenters. The Hall–Kier alpha value is -1.18. The molecule has 0 aliphatic heterocycles. The fraction of sp³-hybridized carbons (Fsp3) is 0.538. The van der Waals surface area contributed by atoms with E-state index in [0.29, 0.717) is 12.8 Å². The number of rotatable bonds is 3. The molecule has 20 heavy (non-hydrogen) atoms. The van der Waals surface area contributed by atoms with Crippen molar-refractivity contribution < 1.29 is 17.9 Å². The van der Waals surface area contributed by atoms with Crippen molar-refractivity contribution >= 4 is 15.7 Å². The first kappa shape index (κ1) is 15.2. The van der Waals surface area contributed by atoms with E-state index < -0.39 is 32.9 Å². The SMILES string of the molecule is Cc1cc(N)cc(S(=O)(=O)N[C@H]2CCCC[C@@H]2O)c1F. The van der Waals surface area contributed by atoms with Gasteiger partial charge in [0.05, 0.1) is 6.10 Å². The fourth-order valence-corrected chi connectivity index (χ4v) is 3.96. The van der Waals surface area contributed by atoms with E-state index >= 15 is 0 Å². The summed E-state index contributed by atoms with van der Waals surface area (Å²) < 4.78 is 40.9. The topological polar surface area (TPSA) is 92.4 Å². The van der Waals surface area contributed by atoms with Crippen molar-refractivity contribution in [3.8, 4) is 0 Å². The fourth-order valence-electron chi connectivity index (χ4n) is 2.47. The van der Waals surface area contributed by atoms with E-state index in [1.54, 1.807) is 0 Å². The highest BCUT2D eigenvalue weighted by molar-refractivity contribution is 7.89. The Morgan fingerprint density at radius 2 is 2.00 bits per heavy atom. The Balaban J connectivity index is 2.31. The van der Waals surface area contributed by atoms with Crippen LogP contribution in [0.1, 0.15) is 31.2 Å². The van der Waals surface area contributed by atoms with Gasteiger partial charge in [-0.1, -0.05) is 12.8 Å². The Morgan fingerprint density at radius 1 is 1.35 bits per heavy atom. The first-order valence-electron chi connectivity index (χ1n) is 6.57. The molecule has 7 heteroatoms. The molecule has 0 heterocycles. The highest BCUT2D eigenvalue weighted by atomic mass is 32.2. The van der Waals surface area contributed by atoms with Gasteiger partial charge < -0.3 is 10.8 Å². The largest absolute Gasteiger partial charge is 0.399 e. The van der Waals surface area contributed by atoms with E-state index in [-0.39, 0.29) is 11.3 Å². The lowest BCUT2D eigenvalue weighted by Crippen LogP contribution is -2.45. The molecule has 4 N–H and O–H groups in total. The van der Waals surface area contributed by atoms with Crippen LogP contribution in [-0.2, 0) is 10.0 Å². The third kappa shape index (κ3) is 3.11. The molecule has 1 aromatic carbocycles. The summed E-state index contributed by atoms with van der Waals surface area (Å²) in [5.41, 5.74) is 5.94. The van der Waals surface area contributed by atoms with Crippen molar-refractivity contribution in [3.05, 3.63) is 23.5 Å². The van der Waals surface area contributed by atoms with Gasteiger partial charge in [-0.3, -0.25) is 0 Å². The van der Waals surface area contributed by atoms with Gasteiger partial charge in [0.15, 0.2) is 0 Å². The number of sulfonamides is 1. The zero-order chi connectivity index (χ0) is 14.9. The number of halogens is 1. The van der Waals surface area contributed by atoms with E-state index in [0.717, 1.165) is 18.9 Å². The predicted octanol–water partition coefficient (Wildman–Crippen LogP) is 1.30. The van der Waals surface area contributed by atoms with Gasteiger partial charge in [0.25, 0.3) is 0 Å². The Morgan fingerprint density at radius 3 is 2.65 bits per heavy atom. The van der Waals surface area contributed by atoms with Gasteiger partial charge in [-0.2, -0.15) is 0 Å². The molecule has 1 aliphatic rings. The van der Waals surface area contributed by atoms with Gasteiger partial charge in [0.1, 0.15) is 10.7 Å². The lowest BCUT2D eigenvalue weighted by Gasteiger charge is -2.28. The Bertz CT molecular complexity index is 604. The maximum Gasteiger partial charge on any atom is 0.243 e. The zero-order valence-electron chi connectivity index (χ0n) is 11.3. The van der Waals surface area contributed by atoms with Crippen LogP contribution in [0, 0.1) is 12.7 Å². The number of nitrogens with two attached hydrogens (primary N) is 1. The van der Waals surface area contributed by atoms with Gasteiger partial charge in [-0.05, 0) is 37.5 Å². The molecular weight excluding hydrogens is 283 g/mol. The second-order valence-corrected chi connectivity index (χ2v) is 6.91. The van der Waals surface area contributed by atoms with Crippen molar-refractivity contribution in [1.29, 1.82) is 0 Å². The molecule has 0 amide bonds. The predicted molar refractivity (Wildman–Crippen MR) is 74.1 cm³/mol. The number of hydrogen-bond acceptors (Lipinski definition) is 4. The average molecular weight is 302 g/mol. The summed E-state index contributed by atoms with van der Waals surface area (Å²) in [5.74, 6) is -0.808. The normalized spacial score (nSPS) is 23.8. The molecule has 1 saturated carbocycles. The minimum atomic E-state index is -4.03. The van der Waals surface area contributed by atoms with Crippen LogP contribution in [0.15, 0.2) is 17.0 Å². The number of anilines is 1. The van der Waals surface area contributed by atoms with Crippen LogP contribution in [0.3, 0.4) is 0 Å². The summed E-state index contributed by atoms with van der Waals surface area (Å²) >= 11 is 0. The smallest absolute Gasteiger partial charge is 0.243 e. The first-order valence-corrected chi connectivity index (χ1v) is 8.05. The van der Waals surface area contributed by atoms with E-state index in [2.05, 4.69) is 4.72 Å². The van der Waals surface area contributed by atoms with Crippen molar-refractivity contribution in [2.24, 2.45) is 0 Å². The Labute approximate surface area is 118 Å². The van der Waals surface area contributed by atoms with Crippen LogP contribution >= 0.6 is 0 Å². The van der Waals surface area contributed by atoms with Crippen LogP contribution in [0.4, 0.5) is 10.1 Å². The number of aliphatic hydroxyl groups excluding tert-OH is 1. The van der Waals surface area contributed by atoms with E-state index in [4.69, 9.17) is 5.73 Å². The second kappa shape index (κ2) is 5.67. The number of hydrogen-bond donors (Lipinski definition) is 3. The maximum absolute atomic E-state index is 14.0. The van der Waals surface area contributed by atoms with Crippen LogP contribution < -0.4 is 10.5 Å². The Kier molecular flexibility index (Phi) is 4.31. The average Bonchev–Trinajstić information content (AvgIpc) is 2.36. The molecule has 1 fully saturated rings. The van der Waals surface area contributed by atoms with Crippen LogP contribution in [0.2, 0.25) is 0 Å². The second-order valence-electron chi connectivity index (χ2n) is 5.23. The van der Waals surface area contributed by atoms with Crippen molar-refractivity contribution in [2.75, 3.05) is 5.73 Å². The molecular formula is C13H19FN2O3S. The third-order valence-corrected chi connectivity index (χ3v) is 5.06. The van der Waals surface area contributed by atoms with E-state index in [1.807, 2.05) is 0 Å². The monoisotopic (exact) mass is 302 g/mol. The summed E-state index contributed by atoms with van der Waals surface area (Å²) in [6.45, 7) is 1.46. The molecule has 0 bridgehead atoms. The molecule has 1 aromatic rings. The minimum absolute atomic E-state index is 0.176. The lowest BCUT2D eigenvalue weighted by atomic mass is 9.93. The number of benzene rings is 1. The number of aryl methyl sites for hydroxylation is 1. The van der Waals surface area contributed by atoms with Crippen LogP contribution in [0.5, 0.6) is 0 Å². The van der Waals surface area contributed by atoms with Crippen LogP contribution in [-0.4, -0.2) is 25.7 Å². The van der Waals surface area contributed by atoms with Gasteiger partial charge >= 0.3 is 0 Å². The van der Waals surface area contributed by atoms with E-state index in [9.17, 15) is 17.9 Å². The minimum Gasteiger partial charge on any atom is -0.399 e. The molecule has 0 spiro atoms. The van der Waals surface area contributed by atoms with Gasteiger partial charge in [-0.25, -0.2) is 17.5 Å².